The van der Waals surface area contributed by atoms with Gasteiger partial charge in [0.25, 0.3) is 0 Å². The van der Waals surface area contributed by atoms with Crippen LogP contribution in [0.2, 0.25) is 0 Å². The zero-order chi connectivity index (χ0) is 24.4. The minimum absolute atomic E-state index is 0.163. The Bertz CT molecular complexity index is 1280. The third kappa shape index (κ3) is 5.53. The monoisotopic (exact) mass is 498 g/mol. The van der Waals surface area contributed by atoms with E-state index in [-0.39, 0.29) is 13.2 Å². The van der Waals surface area contributed by atoms with Crippen LogP contribution in [0.3, 0.4) is 0 Å². The lowest BCUT2D eigenvalue weighted by Crippen LogP contribution is -2.47. The van der Waals surface area contributed by atoms with Crippen molar-refractivity contribution in [2.45, 2.75) is 6.10 Å². The maximum atomic E-state index is 11.9. The van der Waals surface area contributed by atoms with Gasteiger partial charge in [0.05, 0.1) is 24.1 Å². The number of anilines is 1. The first-order chi connectivity index (χ1) is 16.9. The summed E-state index contributed by atoms with van der Waals surface area (Å²) in [7, 11) is -1.13. The molecule has 0 unspecified atom stereocenters. The van der Waals surface area contributed by atoms with Crippen LogP contribution < -0.4 is 9.64 Å². The van der Waals surface area contributed by atoms with Crippen LogP contribution in [0.5, 0.6) is 5.88 Å². The molecule has 0 bridgehead atoms. The Balaban J connectivity index is 1.36. The Labute approximate surface area is 205 Å². The Morgan fingerprint density at radius 3 is 2.54 bits per heavy atom. The molecule has 5 rings (SSSR count). The highest BCUT2D eigenvalue weighted by atomic mass is 32.2. The molecule has 0 saturated carbocycles. The number of piperazine rings is 1. The van der Waals surface area contributed by atoms with E-state index in [1.165, 1.54) is 16.2 Å². The molecular formula is C24H30N6O4S. The molecule has 1 atom stereocenters. The van der Waals surface area contributed by atoms with Gasteiger partial charge in [0.1, 0.15) is 12.7 Å². The number of likely N-dealkylation sites (N-methyl/N-ethyl adjacent to an activating group) is 1. The standard InChI is InChI=1S/C24H30N6O4S/c1-28-9-11-29(12-10-28)19-5-3-18(4-6-19)21-15-22-23(26-8-7-25-22)24(27-21)34-17-20-16-30(13-14-33-20)35(2,31)32/h3-8,15,20H,9-14,16-17H2,1-2H3/t20-/m0/s1. The number of ether oxygens (including phenoxy) is 2. The third-order valence-corrected chi connectivity index (χ3v) is 7.70. The number of benzene rings is 1. The van der Waals surface area contributed by atoms with E-state index >= 15 is 0 Å². The van der Waals surface area contributed by atoms with Gasteiger partial charge in [-0.1, -0.05) is 12.1 Å². The van der Waals surface area contributed by atoms with Gasteiger partial charge in [-0.15, -0.1) is 0 Å². The molecule has 2 saturated heterocycles. The molecule has 0 spiro atoms. The summed E-state index contributed by atoms with van der Waals surface area (Å²) >= 11 is 0. The van der Waals surface area contributed by atoms with Crippen LogP contribution in [0.1, 0.15) is 0 Å². The summed E-state index contributed by atoms with van der Waals surface area (Å²) < 4.78 is 37.0. The topological polar surface area (TPSA) is 101 Å². The van der Waals surface area contributed by atoms with E-state index in [4.69, 9.17) is 14.5 Å². The van der Waals surface area contributed by atoms with E-state index in [1.54, 1.807) is 12.4 Å². The highest BCUT2D eigenvalue weighted by Crippen LogP contribution is 2.29. The molecule has 1 aromatic carbocycles. The van der Waals surface area contributed by atoms with Crippen molar-refractivity contribution >= 4 is 26.7 Å². The quantitative estimate of drug-likeness (QED) is 0.500. The lowest BCUT2D eigenvalue weighted by Gasteiger charge is -2.34. The van der Waals surface area contributed by atoms with E-state index in [0.29, 0.717) is 30.1 Å². The van der Waals surface area contributed by atoms with Gasteiger partial charge in [-0.05, 0) is 25.2 Å². The number of morpholine rings is 1. The van der Waals surface area contributed by atoms with E-state index in [1.807, 2.05) is 6.07 Å². The van der Waals surface area contributed by atoms with Crippen molar-refractivity contribution in [1.82, 2.24) is 24.2 Å². The molecule has 0 aliphatic carbocycles. The zero-order valence-corrected chi connectivity index (χ0v) is 20.8. The van der Waals surface area contributed by atoms with Crippen LogP contribution in [0.4, 0.5) is 5.69 Å². The lowest BCUT2D eigenvalue weighted by molar-refractivity contribution is -0.0252. The van der Waals surface area contributed by atoms with E-state index in [2.05, 4.69) is 51.1 Å². The van der Waals surface area contributed by atoms with Crippen molar-refractivity contribution in [3.8, 4) is 17.1 Å². The summed E-state index contributed by atoms with van der Waals surface area (Å²) in [5.41, 5.74) is 4.13. The van der Waals surface area contributed by atoms with Crippen LogP contribution in [0, 0.1) is 0 Å². The number of hydrogen-bond acceptors (Lipinski definition) is 9. The zero-order valence-electron chi connectivity index (χ0n) is 20.0. The molecule has 2 aliphatic heterocycles. The first kappa shape index (κ1) is 23.9. The maximum Gasteiger partial charge on any atom is 0.242 e. The fraction of sp³-hybridized carbons (Fsp3) is 0.458. The molecule has 0 radical (unpaired) electrons. The highest BCUT2D eigenvalue weighted by molar-refractivity contribution is 7.88. The van der Waals surface area contributed by atoms with E-state index in [0.717, 1.165) is 37.4 Å². The van der Waals surface area contributed by atoms with Crippen molar-refractivity contribution in [3.05, 3.63) is 42.7 Å². The van der Waals surface area contributed by atoms with Gasteiger partial charge in [-0.2, -0.15) is 4.31 Å². The van der Waals surface area contributed by atoms with Gasteiger partial charge in [-0.3, -0.25) is 4.98 Å². The average Bonchev–Trinajstić information content (AvgIpc) is 2.87. The Morgan fingerprint density at radius 1 is 1.06 bits per heavy atom. The fourth-order valence-corrected chi connectivity index (χ4v) is 5.21. The number of sulfonamides is 1. The van der Waals surface area contributed by atoms with Crippen molar-refractivity contribution in [3.63, 3.8) is 0 Å². The average molecular weight is 499 g/mol. The van der Waals surface area contributed by atoms with Crippen LogP contribution in [0.25, 0.3) is 22.3 Å². The number of aromatic nitrogens is 3. The smallest absolute Gasteiger partial charge is 0.242 e. The predicted octanol–water partition coefficient (Wildman–Crippen LogP) is 1.48. The van der Waals surface area contributed by atoms with Crippen LogP contribution >= 0.6 is 0 Å². The summed E-state index contributed by atoms with van der Waals surface area (Å²) in [6, 6.07) is 10.3. The number of nitrogens with zero attached hydrogens (tertiary/aromatic N) is 6. The molecule has 3 aromatic rings. The maximum absolute atomic E-state index is 11.9. The SMILES string of the molecule is CN1CCN(c2ccc(-c3cc4nccnc4c(OC[C@@H]4CN(S(C)(=O)=O)CCO4)n3)cc2)CC1. The summed E-state index contributed by atoms with van der Waals surface area (Å²) in [5.74, 6) is 0.355. The van der Waals surface area contributed by atoms with Crippen LogP contribution in [-0.2, 0) is 14.8 Å². The first-order valence-corrected chi connectivity index (χ1v) is 13.6. The van der Waals surface area contributed by atoms with Crippen LogP contribution in [0.15, 0.2) is 42.7 Å². The number of pyridine rings is 1. The largest absolute Gasteiger partial charge is 0.473 e. The molecule has 186 valence electrons. The number of fused-ring (bicyclic) bond motifs is 1. The summed E-state index contributed by atoms with van der Waals surface area (Å²) in [6.45, 7) is 5.22. The second-order valence-electron chi connectivity index (χ2n) is 9.00. The molecule has 10 nitrogen and oxygen atoms in total. The predicted molar refractivity (Wildman–Crippen MR) is 134 cm³/mol. The summed E-state index contributed by atoms with van der Waals surface area (Å²) in [5, 5.41) is 0. The van der Waals surface area contributed by atoms with Crippen molar-refractivity contribution in [1.29, 1.82) is 0 Å². The molecule has 0 N–H and O–H groups in total. The third-order valence-electron chi connectivity index (χ3n) is 6.43. The Hall–Kier alpha value is -2.86. The van der Waals surface area contributed by atoms with Gasteiger partial charge in [0.2, 0.25) is 15.9 Å². The highest BCUT2D eigenvalue weighted by Gasteiger charge is 2.27. The number of hydrogen-bond donors (Lipinski definition) is 0. The minimum atomic E-state index is -3.28. The molecule has 11 heteroatoms. The van der Waals surface area contributed by atoms with Gasteiger partial charge >= 0.3 is 0 Å². The fourth-order valence-electron chi connectivity index (χ4n) is 4.37. The lowest BCUT2D eigenvalue weighted by atomic mass is 10.1. The van der Waals surface area contributed by atoms with Crippen molar-refractivity contribution < 1.29 is 17.9 Å². The van der Waals surface area contributed by atoms with Crippen molar-refractivity contribution in [2.75, 3.05) is 70.7 Å². The molecule has 4 heterocycles. The minimum Gasteiger partial charge on any atom is -0.473 e. The van der Waals surface area contributed by atoms with Crippen LogP contribution in [-0.4, -0.2) is 104 Å². The number of rotatable bonds is 6. The van der Waals surface area contributed by atoms with Gasteiger partial charge < -0.3 is 19.3 Å². The van der Waals surface area contributed by atoms with E-state index in [9.17, 15) is 8.42 Å². The van der Waals surface area contributed by atoms with Gasteiger partial charge in [0, 0.05) is 62.9 Å². The molecular weight excluding hydrogens is 468 g/mol. The second kappa shape index (κ2) is 10.0. The summed E-state index contributed by atoms with van der Waals surface area (Å²) in [6.07, 6.45) is 4.06. The van der Waals surface area contributed by atoms with Gasteiger partial charge in [0.15, 0.2) is 5.52 Å². The Morgan fingerprint density at radius 2 is 1.80 bits per heavy atom. The van der Waals surface area contributed by atoms with E-state index < -0.39 is 16.1 Å². The second-order valence-corrected chi connectivity index (χ2v) is 11.0. The first-order valence-electron chi connectivity index (χ1n) is 11.7. The molecule has 2 aliphatic rings. The van der Waals surface area contributed by atoms with Gasteiger partial charge in [-0.25, -0.2) is 18.4 Å². The molecule has 35 heavy (non-hydrogen) atoms. The normalized spacial score (nSPS) is 20.3. The summed E-state index contributed by atoms with van der Waals surface area (Å²) in [4.78, 5) is 18.3. The Kier molecular flexibility index (Phi) is 6.83. The molecule has 0 amide bonds. The molecule has 2 aromatic heterocycles. The molecule has 2 fully saturated rings. The van der Waals surface area contributed by atoms with Crippen molar-refractivity contribution in [2.24, 2.45) is 0 Å².